The number of amides is 2. The summed E-state index contributed by atoms with van der Waals surface area (Å²) in [5.41, 5.74) is 3.39. The van der Waals surface area contributed by atoms with Gasteiger partial charge in [0.2, 0.25) is 11.8 Å². The fourth-order valence-corrected chi connectivity index (χ4v) is 4.56. The molecule has 0 atom stereocenters. The van der Waals surface area contributed by atoms with Crippen molar-refractivity contribution in [2.45, 2.75) is 26.2 Å². The molecule has 0 unspecified atom stereocenters. The van der Waals surface area contributed by atoms with Crippen LogP contribution in [0, 0.1) is 0 Å². The van der Waals surface area contributed by atoms with E-state index in [9.17, 15) is 9.59 Å². The number of nitrogens with one attached hydrogen (secondary N) is 2. The van der Waals surface area contributed by atoms with Gasteiger partial charge < -0.3 is 10.6 Å². The van der Waals surface area contributed by atoms with E-state index in [1.807, 2.05) is 82.6 Å². The average Bonchev–Trinajstić information content (AvgIpc) is 3.03. The van der Waals surface area contributed by atoms with Crippen molar-refractivity contribution in [3.05, 3.63) is 139 Å². The number of hydrogen-bond donors (Lipinski definition) is 2. The van der Waals surface area contributed by atoms with Gasteiger partial charge in [0.25, 0.3) is 0 Å². The molecule has 5 rings (SSSR count). The van der Waals surface area contributed by atoms with Gasteiger partial charge in [0.15, 0.2) is 0 Å². The van der Waals surface area contributed by atoms with Crippen molar-refractivity contribution in [3.63, 3.8) is 0 Å². The van der Waals surface area contributed by atoms with Gasteiger partial charge in [-0.05, 0) is 60.7 Å². The summed E-state index contributed by atoms with van der Waals surface area (Å²) < 4.78 is 0. The van der Waals surface area contributed by atoms with Gasteiger partial charge in [0.05, 0.1) is 35.9 Å². The third kappa shape index (κ3) is 9.86. The number of anilines is 2. The second kappa shape index (κ2) is 15.7. The highest BCUT2D eigenvalue weighted by atomic mass is 16.2. The van der Waals surface area contributed by atoms with Crippen molar-refractivity contribution in [3.8, 4) is 0 Å². The number of carbonyl (C=O) groups excluding carboxylic acids is 2. The monoisotopic (exact) mass is 587 g/mol. The predicted molar refractivity (Wildman–Crippen MR) is 167 cm³/mol. The Hall–Kier alpha value is -5.39. The van der Waals surface area contributed by atoms with Crippen LogP contribution in [0.3, 0.4) is 0 Å². The Kier molecular flexibility index (Phi) is 10.8. The first-order valence-corrected chi connectivity index (χ1v) is 14.2. The van der Waals surface area contributed by atoms with Gasteiger partial charge in [-0.3, -0.25) is 39.3 Å². The zero-order valence-corrected chi connectivity index (χ0v) is 24.2. The fourth-order valence-electron chi connectivity index (χ4n) is 4.56. The van der Waals surface area contributed by atoms with Crippen LogP contribution in [-0.4, -0.2) is 59.6 Å². The van der Waals surface area contributed by atoms with E-state index in [0.717, 1.165) is 22.8 Å². The largest absolute Gasteiger partial charge is 0.310 e. The summed E-state index contributed by atoms with van der Waals surface area (Å²) in [5, 5.41) is 5.71. The molecule has 0 aliphatic carbocycles. The van der Waals surface area contributed by atoms with Crippen molar-refractivity contribution in [2.24, 2.45) is 0 Å². The molecule has 11 nitrogen and oxygen atoms in total. The normalized spacial score (nSPS) is 11.0. The molecule has 0 spiro atoms. The van der Waals surface area contributed by atoms with Crippen molar-refractivity contribution in [1.29, 1.82) is 0 Å². The third-order valence-corrected chi connectivity index (χ3v) is 6.47. The number of aromatic nitrogens is 5. The lowest BCUT2D eigenvalue weighted by Crippen LogP contribution is -2.34. The van der Waals surface area contributed by atoms with Crippen LogP contribution in [0.4, 0.5) is 11.6 Å². The first kappa shape index (κ1) is 30.1. The molecule has 0 fully saturated rings. The molecule has 222 valence electrons. The summed E-state index contributed by atoms with van der Waals surface area (Å²) in [5.74, 6) is 0.180. The second-order valence-electron chi connectivity index (χ2n) is 10.1. The Morgan fingerprint density at radius 2 is 0.818 bits per heavy atom. The molecular weight excluding hydrogens is 554 g/mol. The number of hydrogen-bond acceptors (Lipinski definition) is 9. The first-order valence-electron chi connectivity index (χ1n) is 14.2. The van der Waals surface area contributed by atoms with Crippen LogP contribution in [0.25, 0.3) is 0 Å². The summed E-state index contributed by atoms with van der Waals surface area (Å²) in [6, 6.07) is 27.9. The Bertz CT molecular complexity index is 1410. The molecular formula is C33H33N9O2. The minimum atomic E-state index is -0.246. The minimum Gasteiger partial charge on any atom is -0.310 e. The van der Waals surface area contributed by atoms with Crippen molar-refractivity contribution < 1.29 is 9.59 Å². The van der Waals surface area contributed by atoms with Crippen LogP contribution in [0.15, 0.2) is 116 Å². The summed E-state index contributed by atoms with van der Waals surface area (Å²) in [6.45, 7) is 2.09. The van der Waals surface area contributed by atoms with E-state index in [0.29, 0.717) is 37.8 Å². The van der Waals surface area contributed by atoms with E-state index in [4.69, 9.17) is 0 Å². The van der Waals surface area contributed by atoms with Crippen molar-refractivity contribution >= 4 is 23.5 Å². The highest BCUT2D eigenvalue weighted by Gasteiger charge is 2.16. The molecule has 2 N–H and O–H groups in total. The quantitative estimate of drug-likeness (QED) is 0.198. The van der Waals surface area contributed by atoms with E-state index >= 15 is 0 Å². The lowest BCUT2D eigenvalue weighted by molar-refractivity contribution is -0.118. The zero-order valence-electron chi connectivity index (χ0n) is 24.2. The maximum atomic E-state index is 13.1. The standard InChI is InChI=1S/C33H33N9O2/c43-32(24-41(20-26-10-1-5-16-34-26)21-27-11-2-6-17-35-27)39-30-14-9-15-31(38-30)40-33(44)25-42(22-28-12-3-7-18-36-28)23-29-13-4-8-19-37-29/h1-19H,20-25H2,(H2,38,39,40,43,44). The van der Waals surface area contributed by atoms with Gasteiger partial charge in [-0.15, -0.1) is 0 Å². The Balaban J connectivity index is 1.20. The Morgan fingerprint density at radius 3 is 1.11 bits per heavy atom. The Labute approximate surface area is 256 Å². The summed E-state index contributed by atoms with van der Waals surface area (Å²) in [7, 11) is 0. The van der Waals surface area contributed by atoms with Gasteiger partial charge in [0, 0.05) is 51.0 Å². The zero-order chi connectivity index (χ0) is 30.4. The van der Waals surface area contributed by atoms with E-state index in [1.165, 1.54) is 0 Å². The SMILES string of the molecule is O=C(CN(Cc1ccccn1)Cc1ccccn1)Nc1cccc(NC(=O)CN(Cc2ccccn2)Cc2ccccn2)n1. The molecule has 0 saturated carbocycles. The van der Waals surface area contributed by atoms with Gasteiger partial charge in [-0.25, -0.2) is 4.98 Å². The summed E-state index contributed by atoms with van der Waals surface area (Å²) >= 11 is 0. The third-order valence-electron chi connectivity index (χ3n) is 6.47. The maximum absolute atomic E-state index is 13.1. The van der Waals surface area contributed by atoms with E-state index < -0.39 is 0 Å². The number of rotatable bonds is 14. The van der Waals surface area contributed by atoms with Crippen LogP contribution in [0.1, 0.15) is 22.8 Å². The average molecular weight is 588 g/mol. The van der Waals surface area contributed by atoms with Crippen LogP contribution in [0.5, 0.6) is 0 Å². The van der Waals surface area contributed by atoms with Crippen LogP contribution >= 0.6 is 0 Å². The topological polar surface area (TPSA) is 129 Å². The molecule has 0 aromatic carbocycles. The molecule has 5 aromatic rings. The van der Waals surface area contributed by atoms with Crippen LogP contribution in [-0.2, 0) is 35.8 Å². The van der Waals surface area contributed by atoms with Gasteiger partial charge in [0.1, 0.15) is 11.6 Å². The molecule has 0 saturated heterocycles. The molecule has 0 radical (unpaired) electrons. The van der Waals surface area contributed by atoms with Gasteiger partial charge in [-0.2, -0.15) is 0 Å². The van der Waals surface area contributed by atoms with Gasteiger partial charge >= 0.3 is 0 Å². The number of pyridine rings is 5. The van der Waals surface area contributed by atoms with E-state index in [-0.39, 0.29) is 24.9 Å². The highest BCUT2D eigenvalue weighted by Crippen LogP contribution is 2.12. The van der Waals surface area contributed by atoms with Crippen LogP contribution < -0.4 is 10.6 Å². The van der Waals surface area contributed by atoms with Crippen LogP contribution in [0.2, 0.25) is 0 Å². The molecule has 2 amide bonds. The molecule has 5 heterocycles. The number of carbonyl (C=O) groups is 2. The molecule has 44 heavy (non-hydrogen) atoms. The van der Waals surface area contributed by atoms with Crippen molar-refractivity contribution in [2.75, 3.05) is 23.7 Å². The fraction of sp³-hybridized carbons (Fsp3) is 0.182. The van der Waals surface area contributed by atoms with Crippen molar-refractivity contribution in [1.82, 2.24) is 34.7 Å². The van der Waals surface area contributed by atoms with E-state index in [2.05, 4.69) is 35.6 Å². The second-order valence-corrected chi connectivity index (χ2v) is 10.1. The predicted octanol–water partition coefficient (Wildman–Crippen LogP) is 3.94. The smallest absolute Gasteiger partial charge is 0.239 e. The Morgan fingerprint density at radius 1 is 0.477 bits per heavy atom. The molecule has 0 bridgehead atoms. The lowest BCUT2D eigenvalue weighted by Gasteiger charge is -2.21. The maximum Gasteiger partial charge on any atom is 0.239 e. The van der Waals surface area contributed by atoms with Gasteiger partial charge in [-0.1, -0.05) is 30.3 Å². The highest BCUT2D eigenvalue weighted by molar-refractivity contribution is 5.93. The molecule has 11 heteroatoms. The minimum absolute atomic E-state index is 0.0986. The van der Waals surface area contributed by atoms with E-state index in [1.54, 1.807) is 43.0 Å². The first-order chi connectivity index (χ1) is 21.6. The number of nitrogens with zero attached hydrogens (tertiary/aromatic N) is 7. The molecule has 0 aliphatic heterocycles. The molecule has 5 aromatic heterocycles. The summed E-state index contributed by atoms with van der Waals surface area (Å²) in [6.07, 6.45) is 6.92. The lowest BCUT2D eigenvalue weighted by atomic mass is 10.2. The molecule has 0 aliphatic rings. The summed E-state index contributed by atoms with van der Waals surface area (Å²) in [4.78, 5) is 52.2.